The van der Waals surface area contributed by atoms with Gasteiger partial charge in [0.15, 0.2) is 0 Å². The maximum atomic E-state index is 10.6. The minimum atomic E-state index is -0.540. The molecular weight excluding hydrogens is 256 g/mol. The zero-order valence-electron chi connectivity index (χ0n) is 9.17. The van der Waals surface area contributed by atoms with E-state index in [-0.39, 0.29) is 11.4 Å². The Kier molecular flexibility index (Phi) is 3.34. The van der Waals surface area contributed by atoms with Gasteiger partial charge < -0.3 is 10.5 Å². The minimum absolute atomic E-state index is 0.0615. The Hall–Kier alpha value is -2.27. The van der Waals surface area contributed by atoms with Gasteiger partial charge in [-0.2, -0.15) is 0 Å². The van der Waals surface area contributed by atoms with E-state index in [9.17, 15) is 10.1 Å². The predicted molar refractivity (Wildman–Crippen MR) is 69.0 cm³/mol. The summed E-state index contributed by atoms with van der Waals surface area (Å²) in [5, 5.41) is 11.2. The summed E-state index contributed by atoms with van der Waals surface area (Å²) in [6.45, 7) is 0. The maximum Gasteiger partial charge on any atom is 0.292 e. The second-order valence-corrected chi connectivity index (χ2v) is 3.97. The third-order valence-corrected chi connectivity index (χ3v) is 2.50. The van der Waals surface area contributed by atoms with Gasteiger partial charge in [0, 0.05) is 17.2 Å². The topological polar surface area (TPSA) is 78.4 Å². The molecule has 0 aliphatic heterocycles. The summed E-state index contributed by atoms with van der Waals surface area (Å²) < 4.78 is 5.49. The number of nitro benzene ring substituents is 1. The number of halogens is 1. The van der Waals surface area contributed by atoms with Crippen LogP contribution in [0.3, 0.4) is 0 Å². The van der Waals surface area contributed by atoms with Gasteiger partial charge >= 0.3 is 0 Å². The lowest BCUT2D eigenvalue weighted by Crippen LogP contribution is -1.95. The fraction of sp³-hybridized carbons (Fsp3) is 0. The molecule has 5 nitrogen and oxygen atoms in total. The third kappa shape index (κ3) is 2.70. The molecule has 0 unspecified atom stereocenters. The van der Waals surface area contributed by atoms with Gasteiger partial charge in [0.25, 0.3) is 5.69 Å². The fourth-order valence-corrected chi connectivity index (χ4v) is 1.53. The lowest BCUT2D eigenvalue weighted by atomic mass is 10.2. The summed E-state index contributed by atoms with van der Waals surface area (Å²) in [7, 11) is 0. The predicted octanol–water partition coefficient (Wildman–Crippen LogP) is 3.62. The summed E-state index contributed by atoms with van der Waals surface area (Å²) in [5.41, 5.74) is 5.48. The molecule has 0 aliphatic rings. The first kappa shape index (κ1) is 12.2. The lowest BCUT2D eigenvalue weighted by Gasteiger charge is -2.06. The number of anilines is 1. The van der Waals surface area contributed by atoms with Crippen molar-refractivity contribution in [3.05, 3.63) is 57.6 Å². The Morgan fingerprint density at radius 3 is 2.28 bits per heavy atom. The van der Waals surface area contributed by atoms with E-state index in [0.717, 1.165) is 0 Å². The van der Waals surface area contributed by atoms with Gasteiger partial charge in [-0.25, -0.2) is 0 Å². The number of rotatable bonds is 3. The first-order chi connectivity index (χ1) is 8.56. The highest BCUT2D eigenvalue weighted by Crippen LogP contribution is 2.29. The molecule has 0 spiro atoms. The van der Waals surface area contributed by atoms with Crippen LogP contribution in [0.1, 0.15) is 0 Å². The van der Waals surface area contributed by atoms with Gasteiger partial charge in [-0.05, 0) is 30.3 Å². The molecule has 0 aromatic heterocycles. The zero-order valence-corrected chi connectivity index (χ0v) is 9.92. The number of nitrogen functional groups attached to an aromatic ring is 1. The van der Waals surface area contributed by atoms with Crippen molar-refractivity contribution in [3.63, 3.8) is 0 Å². The minimum Gasteiger partial charge on any atom is -0.457 e. The number of nitrogens with two attached hydrogens (primary N) is 1. The van der Waals surface area contributed by atoms with Crippen LogP contribution in [0.25, 0.3) is 0 Å². The molecule has 0 radical (unpaired) electrons. The van der Waals surface area contributed by atoms with E-state index in [2.05, 4.69) is 0 Å². The summed E-state index contributed by atoms with van der Waals surface area (Å²) in [6.07, 6.45) is 0. The first-order valence-corrected chi connectivity index (χ1v) is 5.41. The molecule has 92 valence electrons. The van der Waals surface area contributed by atoms with E-state index in [1.165, 1.54) is 18.2 Å². The molecule has 0 amide bonds. The van der Waals surface area contributed by atoms with Gasteiger partial charge in [0.2, 0.25) is 0 Å². The number of ether oxygens (including phenoxy) is 1. The Morgan fingerprint density at radius 1 is 1.11 bits per heavy atom. The molecule has 2 rings (SSSR count). The Morgan fingerprint density at radius 2 is 1.72 bits per heavy atom. The molecular formula is C12H9ClN2O3. The van der Waals surface area contributed by atoms with E-state index < -0.39 is 4.92 Å². The molecule has 6 heteroatoms. The van der Waals surface area contributed by atoms with E-state index >= 15 is 0 Å². The van der Waals surface area contributed by atoms with Gasteiger partial charge in [-0.15, -0.1) is 0 Å². The molecule has 0 atom stereocenters. The monoisotopic (exact) mass is 264 g/mol. The molecule has 2 aromatic carbocycles. The second-order valence-electron chi connectivity index (χ2n) is 3.53. The number of benzene rings is 2. The maximum absolute atomic E-state index is 10.6. The fourth-order valence-electron chi connectivity index (χ4n) is 1.40. The van der Waals surface area contributed by atoms with Crippen LogP contribution in [0.4, 0.5) is 11.4 Å². The van der Waals surface area contributed by atoms with Crippen LogP contribution in [-0.4, -0.2) is 4.92 Å². The van der Waals surface area contributed by atoms with Gasteiger partial charge in [-0.3, -0.25) is 10.1 Å². The summed E-state index contributed by atoms with van der Waals surface area (Å²) in [6, 6.07) is 11.0. The van der Waals surface area contributed by atoms with Crippen LogP contribution in [0.15, 0.2) is 42.5 Å². The van der Waals surface area contributed by atoms with Crippen LogP contribution in [0.2, 0.25) is 5.02 Å². The molecule has 0 saturated carbocycles. The zero-order chi connectivity index (χ0) is 13.1. The Labute approximate surface area is 108 Å². The van der Waals surface area contributed by atoms with E-state index in [1.54, 1.807) is 24.3 Å². The number of hydrogen-bond donors (Lipinski definition) is 1. The molecule has 0 saturated heterocycles. The van der Waals surface area contributed by atoms with Gasteiger partial charge in [0.1, 0.15) is 17.2 Å². The van der Waals surface area contributed by atoms with E-state index in [4.69, 9.17) is 22.1 Å². The van der Waals surface area contributed by atoms with Crippen molar-refractivity contribution in [1.29, 1.82) is 0 Å². The van der Waals surface area contributed by atoms with Crippen molar-refractivity contribution in [2.75, 3.05) is 5.73 Å². The molecule has 0 bridgehead atoms. The number of hydrogen-bond acceptors (Lipinski definition) is 4. The number of nitrogens with zero attached hydrogens (tertiary/aromatic N) is 1. The van der Waals surface area contributed by atoms with Crippen molar-refractivity contribution < 1.29 is 9.66 Å². The van der Waals surface area contributed by atoms with Crippen molar-refractivity contribution in [2.45, 2.75) is 0 Å². The van der Waals surface area contributed by atoms with Gasteiger partial charge in [-0.1, -0.05) is 11.6 Å². The third-order valence-electron chi connectivity index (χ3n) is 2.25. The Bertz CT molecular complexity index is 584. The van der Waals surface area contributed by atoms with Crippen molar-refractivity contribution in [3.8, 4) is 11.5 Å². The molecule has 0 heterocycles. The van der Waals surface area contributed by atoms with Crippen molar-refractivity contribution >= 4 is 23.0 Å². The Balaban J connectivity index is 2.22. The molecule has 0 fully saturated rings. The standard InChI is InChI=1S/C12H9ClN2O3/c13-8-1-3-9(4-2-8)18-10-5-6-12(15(16)17)11(14)7-10/h1-7H,14H2. The molecule has 2 N–H and O–H groups in total. The summed E-state index contributed by atoms with van der Waals surface area (Å²) >= 11 is 5.74. The highest BCUT2D eigenvalue weighted by Gasteiger charge is 2.11. The quantitative estimate of drug-likeness (QED) is 0.522. The average Bonchev–Trinajstić information content (AvgIpc) is 2.32. The van der Waals surface area contributed by atoms with Crippen molar-refractivity contribution in [2.24, 2.45) is 0 Å². The average molecular weight is 265 g/mol. The largest absolute Gasteiger partial charge is 0.457 e. The second kappa shape index (κ2) is 4.93. The van der Waals surface area contributed by atoms with Crippen LogP contribution in [-0.2, 0) is 0 Å². The number of nitro groups is 1. The highest BCUT2D eigenvalue weighted by molar-refractivity contribution is 6.30. The van der Waals surface area contributed by atoms with Crippen LogP contribution in [0.5, 0.6) is 11.5 Å². The summed E-state index contributed by atoms with van der Waals surface area (Å²) in [4.78, 5) is 10.1. The van der Waals surface area contributed by atoms with Crippen LogP contribution in [0, 0.1) is 10.1 Å². The van der Waals surface area contributed by atoms with Crippen LogP contribution >= 0.6 is 11.6 Å². The summed E-state index contributed by atoms with van der Waals surface area (Å²) in [5.74, 6) is 1.01. The van der Waals surface area contributed by atoms with E-state index in [1.807, 2.05) is 0 Å². The molecule has 18 heavy (non-hydrogen) atoms. The van der Waals surface area contributed by atoms with Gasteiger partial charge in [0.05, 0.1) is 4.92 Å². The highest BCUT2D eigenvalue weighted by atomic mass is 35.5. The molecule has 0 aliphatic carbocycles. The van der Waals surface area contributed by atoms with Crippen molar-refractivity contribution in [1.82, 2.24) is 0 Å². The lowest BCUT2D eigenvalue weighted by molar-refractivity contribution is -0.383. The first-order valence-electron chi connectivity index (χ1n) is 5.03. The van der Waals surface area contributed by atoms with Crippen LogP contribution < -0.4 is 10.5 Å². The SMILES string of the molecule is Nc1cc(Oc2ccc(Cl)cc2)ccc1[N+](=O)[O-]. The normalized spacial score (nSPS) is 10.1. The molecule has 2 aromatic rings. The smallest absolute Gasteiger partial charge is 0.292 e. The van der Waals surface area contributed by atoms with E-state index in [0.29, 0.717) is 16.5 Å².